The Morgan fingerprint density at radius 1 is 1.13 bits per heavy atom. The topological polar surface area (TPSA) is 64.9 Å². The highest BCUT2D eigenvalue weighted by molar-refractivity contribution is 5.94. The molecule has 0 aromatic heterocycles. The van der Waals surface area contributed by atoms with Gasteiger partial charge < -0.3 is 15.3 Å². The molecule has 2 aliphatic heterocycles. The van der Waals surface area contributed by atoms with Gasteiger partial charge >= 0.3 is 6.18 Å². The fraction of sp³-hybridized carbons (Fsp3) is 0.545. The minimum Gasteiger partial charge on any atom is -0.393 e. The Balaban J connectivity index is 1.35. The van der Waals surface area contributed by atoms with Gasteiger partial charge in [-0.25, -0.2) is 4.99 Å². The zero-order valence-corrected chi connectivity index (χ0v) is 16.7. The Bertz CT molecular complexity index is 871. The van der Waals surface area contributed by atoms with E-state index >= 15 is 0 Å². The summed E-state index contributed by atoms with van der Waals surface area (Å²) in [7, 11) is 0. The number of aliphatic imine (C=N–C) groups is 1. The summed E-state index contributed by atoms with van der Waals surface area (Å²) in [6.45, 7) is 1.22. The number of aliphatic hydroxyl groups excluding tert-OH is 1. The van der Waals surface area contributed by atoms with Gasteiger partial charge in [0.15, 0.2) is 0 Å². The molecule has 1 aromatic rings. The third kappa shape index (κ3) is 4.53. The van der Waals surface area contributed by atoms with Gasteiger partial charge in [-0.05, 0) is 49.3 Å². The molecule has 3 aliphatic rings. The molecule has 1 saturated heterocycles. The van der Waals surface area contributed by atoms with Gasteiger partial charge in [0, 0.05) is 43.7 Å². The van der Waals surface area contributed by atoms with Gasteiger partial charge in [0.05, 0.1) is 11.7 Å². The van der Waals surface area contributed by atoms with Crippen LogP contribution in [-0.4, -0.2) is 47.1 Å². The Labute approximate surface area is 173 Å². The number of allylic oxidation sites excluding steroid dienone is 1. The van der Waals surface area contributed by atoms with Crippen molar-refractivity contribution in [2.75, 3.05) is 18.4 Å². The van der Waals surface area contributed by atoms with Crippen molar-refractivity contribution in [1.29, 1.82) is 0 Å². The number of alkyl halides is 3. The van der Waals surface area contributed by atoms with E-state index in [1.54, 1.807) is 0 Å². The Kier molecular flexibility index (Phi) is 5.86. The number of nitrogens with one attached hydrogen (secondary N) is 1. The van der Waals surface area contributed by atoms with Crippen LogP contribution in [0.3, 0.4) is 0 Å². The molecule has 1 fully saturated rings. The molecule has 8 heteroatoms. The van der Waals surface area contributed by atoms with Gasteiger partial charge in [-0.2, -0.15) is 13.2 Å². The largest absolute Gasteiger partial charge is 0.414 e. The molecule has 0 spiro atoms. The second kappa shape index (κ2) is 8.41. The number of rotatable bonds is 2. The molecule has 1 atom stereocenters. The molecular weight excluding hydrogens is 395 g/mol. The van der Waals surface area contributed by atoms with Crippen molar-refractivity contribution in [3.63, 3.8) is 0 Å². The lowest BCUT2D eigenvalue weighted by molar-refractivity contribution is -0.121. The van der Waals surface area contributed by atoms with Gasteiger partial charge in [-0.3, -0.25) is 4.79 Å². The second-order valence-electron chi connectivity index (χ2n) is 8.29. The van der Waals surface area contributed by atoms with E-state index in [0.717, 1.165) is 30.3 Å². The maximum Gasteiger partial charge on any atom is 0.414 e. The summed E-state index contributed by atoms with van der Waals surface area (Å²) in [4.78, 5) is 18.8. The standard InChI is InChI=1S/C22H26F3N3O2/c23-22(24,25)16-5-7-20(26-13-16)28-10-8-15(9-11-28)21(30)27-19-3-1-2-14-4-6-17(29)12-18(14)19/h1-3,13,15,17,29H,4-12H2,(H,27,30)/t17-/m1/s1. The normalized spacial score (nSPS) is 22.8. The van der Waals surface area contributed by atoms with Crippen LogP contribution >= 0.6 is 0 Å². The number of aryl methyl sites for hydroxylation is 1. The number of nitrogens with zero attached hydrogens (tertiary/aromatic N) is 2. The lowest BCUT2D eigenvalue weighted by Gasteiger charge is -2.34. The predicted molar refractivity (Wildman–Crippen MR) is 108 cm³/mol. The van der Waals surface area contributed by atoms with Gasteiger partial charge in [-0.1, -0.05) is 12.1 Å². The highest BCUT2D eigenvalue weighted by Crippen LogP contribution is 2.33. The Morgan fingerprint density at radius 3 is 2.57 bits per heavy atom. The molecule has 162 valence electrons. The molecule has 0 saturated carbocycles. The molecular formula is C22H26F3N3O2. The first-order chi connectivity index (χ1) is 14.3. The SMILES string of the molecule is O=C(Nc1cccc2c1C[C@H](O)CC2)C1CCN(C2=NC=C(C(F)(F)F)CC2)CC1. The van der Waals surface area contributed by atoms with E-state index in [1.165, 1.54) is 5.56 Å². The summed E-state index contributed by atoms with van der Waals surface area (Å²) < 4.78 is 38.2. The zero-order valence-electron chi connectivity index (χ0n) is 16.7. The predicted octanol–water partition coefficient (Wildman–Crippen LogP) is 3.83. The quantitative estimate of drug-likeness (QED) is 0.763. The molecule has 0 radical (unpaired) electrons. The number of hydrogen-bond donors (Lipinski definition) is 2. The number of fused-ring (bicyclic) bond motifs is 1. The summed E-state index contributed by atoms with van der Waals surface area (Å²) >= 11 is 0. The first-order valence-corrected chi connectivity index (χ1v) is 10.5. The van der Waals surface area contributed by atoms with Crippen LogP contribution in [0.15, 0.2) is 35.0 Å². The minimum atomic E-state index is -4.31. The van der Waals surface area contributed by atoms with Crippen molar-refractivity contribution in [2.24, 2.45) is 10.9 Å². The molecule has 0 bridgehead atoms. The molecule has 5 nitrogen and oxygen atoms in total. The van der Waals surface area contributed by atoms with Crippen LogP contribution in [0, 0.1) is 5.92 Å². The number of halogens is 3. The number of hydrogen-bond acceptors (Lipinski definition) is 4. The minimum absolute atomic E-state index is 0.0343. The number of aliphatic hydroxyl groups is 1. The van der Waals surface area contributed by atoms with Crippen molar-refractivity contribution >= 4 is 17.4 Å². The average Bonchev–Trinajstić information content (AvgIpc) is 2.74. The molecule has 0 unspecified atom stereocenters. The van der Waals surface area contributed by atoms with E-state index in [2.05, 4.69) is 10.3 Å². The molecule has 1 aliphatic carbocycles. The van der Waals surface area contributed by atoms with E-state index in [9.17, 15) is 23.1 Å². The summed E-state index contributed by atoms with van der Waals surface area (Å²) in [6, 6.07) is 5.85. The van der Waals surface area contributed by atoms with Crippen LogP contribution in [-0.2, 0) is 17.6 Å². The number of carbonyl (C=O) groups excluding carboxylic acids is 1. The Morgan fingerprint density at radius 2 is 1.90 bits per heavy atom. The number of amidine groups is 1. The highest BCUT2D eigenvalue weighted by atomic mass is 19.4. The maximum atomic E-state index is 12.8. The fourth-order valence-electron chi connectivity index (χ4n) is 4.50. The molecule has 2 N–H and O–H groups in total. The van der Waals surface area contributed by atoms with Gasteiger partial charge in [0.25, 0.3) is 0 Å². The number of carbonyl (C=O) groups is 1. The number of piperidine rings is 1. The van der Waals surface area contributed by atoms with Crippen molar-refractivity contribution < 1.29 is 23.1 Å². The van der Waals surface area contributed by atoms with E-state index in [0.29, 0.717) is 38.2 Å². The average molecular weight is 421 g/mol. The number of likely N-dealkylation sites (tertiary alicyclic amines) is 1. The van der Waals surface area contributed by atoms with Gasteiger partial charge in [-0.15, -0.1) is 0 Å². The van der Waals surface area contributed by atoms with E-state index in [4.69, 9.17) is 0 Å². The Hall–Kier alpha value is -2.35. The van der Waals surface area contributed by atoms with Crippen molar-refractivity contribution in [3.8, 4) is 0 Å². The van der Waals surface area contributed by atoms with Crippen LogP contribution in [0.1, 0.15) is 43.2 Å². The highest BCUT2D eigenvalue weighted by Gasteiger charge is 2.35. The number of anilines is 1. The van der Waals surface area contributed by atoms with Gasteiger partial charge in [0.2, 0.25) is 5.91 Å². The lowest BCUT2D eigenvalue weighted by Crippen LogP contribution is -2.42. The third-order valence-electron chi connectivity index (χ3n) is 6.30. The number of amides is 1. The van der Waals surface area contributed by atoms with Crippen LogP contribution in [0.5, 0.6) is 0 Å². The van der Waals surface area contributed by atoms with Crippen molar-refractivity contribution in [2.45, 2.75) is 57.2 Å². The van der Waals surface area contributed by atoms with Gasteiger partial charge in [0.1, 0.15) is 5.84 Å². The summed E-state index contributed by atoms with van der Waals surface area (Å²) in [5, 5.41) is 13.0. The van der Waals surface area contributed by atoms with Crippen LogP contribution in [0.25, 0.3) is 0 Å². The molecule has 1 amide bonds. The first kappa shape index (κ1) is 20.9. The smallest absolute Gasteiger partial charge is 0.393 e. The van der Waals surface area contributed by atoms with E-state index < -0.39 is 11.7 Å². The van der Waals surface area contributed by atoms with Crippen molar-refractivity contribution in [3.05, 3.63) is 41.1 Å². The zero-order chi connectivity index (χ0) is 21.3. The summed E-state index contributed by atoms with van der Waals surface area (Å²) in [5.74, 6) is 0.497. The lowest BCUT2D eigenvalue weighted by atomic mass is 9.88. The van der Waals surface area contributed by atoms with Crippen LogP contribution < -0.4 is 5.32 Å². The second-order valence-corrected chi connectivity index (χ2v) is 8.29. The van der Waals surface area contributed by atoms with E-state index in [1.807, 2.05) is 23.1 Å². The molecule has 4 rings (SSSR count). The molecule has 2 heterocycles. The first-order valence-electron chi connectivity index (χ1n) is 10.5. The third-order valence-corrected chi connectivity index (χ3v) is 6.30. The molecule has 30 heavy (non-hydrogen) atoms. The molecule has 1 aromatic carbocycles. The maximum absolute atomic E-state index is 12.8. The van der Waals surface area contributed by atoms with Crippen LogP contribution in [0.2, 0.25) is 0 Å². The number of benzene rings is 1. The summed E-state index contributed by atoms with van der Waals surface area (Å²) in [5.41, 5.74) is 2.39. The summed E-state index contributed by atoms with van der Waals surface area (Å²) in [6.07, 6.45) is -0.139. The van der Waals surface area contributed by atoms with Crippen LogP contribution in [0.4, 0.5) is 18.9 Å². The van der Waals surface area contributed by atoms with E-state index in [-0.39, 0.29) is 30.8 Å². The monoisotopic (exact) mass is 421 g/mol. The fourth-order valence-corrected chi connectivity index (χ4v) is 4.50. The van der Waals surface area contributed by atoms with Crippen molar-refractivity contribution in [1.82, 2.24) is 4.90 Å².